The number of hydrogen-bond donors (Lipinski definition) is 2. The quantitative estimate of drug-likeness (QED) is 0.581. The zero-order valence-electron chi connectivity index (χ0n) is 16.0. The second kappa shape index (κ2) is 8.48. The van der Waals surface area contributed by atoms with E-state index in [1.807, 2.05) is 13.0 Å². The fourth-order valence-electron chi connectivity index (χ4n) is 3.20. The molecule has 2 aromatic heterocycles. The second-order valence-corrected chi connectivity index (χ2v) is 7.60. The Morgan fingerprint density at radius 2 is 2.21 bits per heavy atom. The molecule has 1 aliphatic rings. The molecule has 0 bridgehead atoms. The Labute approximate surface area is 172 Å². The lowest BCUT2D eigenvalue weighted by Crippen LogP contribution is -2.06. The third-order valence-corrected chi connectivity index (χ3v) is 5.72. The zero-order valence-corrected chi connectivity index (χ0v) is 16.8. The molecule has 2 N–H and O–H groups in total. The number of rotatable bonds is 8. The predicted octanol–water partition coefficient (Wildman–Crippen LogP) is 3.89. The van der Waals surface area contributed by atoms with Crippen molar-refractivity contribution in [2.45, 2.75) is 19.8 Å². The van der Waals surface area contributed by atoms with Gasteiger partial charge in [0, 0.05) is 25.1 Å². The predicted molar refractivity (Wildman–Crippen MR) is 111 cm³/mol. The molecule has 0 spiro atoms. The molecule has 0 aliphatic carbocycles. The van der Waals surface area contributed by atoms with Crippen LogP contribution >= 0.6 is 11.3 Å². The summed E-state index contributed by atoms with van der Waals surface area (Å²) < 4.78 is 11.1. The van der Waals surface area contributed by atoms with Gasteiger partial charge in [0.2, 0.25) is 0 Å². The van der Waals surface area contributed by atoms with Crippen molar-refractivity contribution >= 4 is 23.1 Å². The number of fused-ring (bicyclic) bond motifs is 1. The van der Waals surface area contributed by atoms with Crippen LogP contribution in [0.2, 0.25) is 0 Å². The minimum Gasteiger partial charge on any atom is -0.493 e. The number of hydrogen-bond acceptors (Lipinski definition) is 7. The Morgan fingerprint density at radius 3 is 3.03 bits per heavy atom. The first-order valence-electron chi connectivity index (χ1n) is 9.45. The van der Waals surface area contributed by atoms with Crippen molar-refractivity contribution in [3.8, 4) is 22.1 Å². The number of nitrogens with one attached hydrogen (secondary N) is 1. The highest BCUT2D eigenvalue weighted by atomic mass is 32.1. The number of nitrogens with zero attached hydrogens (tertiary/aromatic N) is 2. The van der Waals surface area contributed by atoms with Crippen molar-refractivity contribution in [1.29, 1.82) is 0 Å². The summed E-state index contributed by atoms with van der Waals surface area (Å²) >= 11 is 1.14. The van der Waals surface area contributed by atoms with Crippen LogP contribution in [0.1, 0.15) is 27.7 Å². The van der Waals surface area contributed by atoms with Gasteiger partial charge in [0.25, 0.3) is 0 Å². The molecule has 0 atom stereocenters. The van der Waals surface area contributed by atoms with Crippen LogP contribution in [0.15, 0.2) is 36.7 Å². The monoisotopic (exact) mass is 411 g/mol. The van der Waals surface area contributed by atoms with Crippen molar-refractivity contribution < 1.29 is 19.4 Å². The maximum atomic E-state index is 11.4. The van der Waals surface area contributed by atoms with E-state index in [4.69, 9.17) is 9.47 Å². The lowest BCUT2D eigenvalue weighted by atomic mass is 10.1. The van der Waals surface area contributed by atoms with Gasteiger partial charge in [0.15, 0.2) is 4.88 Å². The number of thiophene rings is 1. The molecule has 0 unspecified atom stereocenters. The first-order valence-corrected chi connectivity index (χ1v) is 10.3. The van der Waals surface area contributed by atoms with Crippen LogP contribution < -0.4 is 14.8 Å². The van der Waals surface area contributed by atoms with E-state index in [9.17, 15) is 9.90 Å². The number of carboxylic acids is 1. The number of aromatic nitrogens is 2. The van der Waals surface area contributed by atoms with Gasteiger partial charge in [-0.3, -0.25) is 0 Å². The van der Waals surface area contributed by atoms with E-state index in [-0.39, 0.29) is 4.88 Å². The summed E-state index contributed by atoms with van der Waals surface area (Å²) in [5.74, 6) is 1.04. The van der Waals surface area contributed by atoms with Gasteiger partial charge < -0.3 is 19.9 Å². The molecule has 0 saturated carbocycles. The molecule has 8 heteroatoms. The highest BCUT2D eigenvalue weighted by Gasteiger charge is 2.18. The van der Waals surface area contributed by atoms with Gasteiger partial charge in [-0.05, 0) is 30.5 Å². The van der Waals surface area contributed by atoms with E-state index < -0.39 is 5.97 Å². The van der Waals surface area contributed by atoms with Crippen LogP contribution in [-0.4, -0.2) is 40.8 Å². The normalized spacial score (nSPS) is 12.3. The van der Waals surface area contributed by atoms with Gasteiger partial charge in [-0.2, -0.15) is 0 Å². The smallest absolute Gasteiger partial charge is 0.349 e. The largest absolute Gasteiger partial charge is 0.493 e. The lowest BCUT2D eigenvalue weighted by Gasteiger charge is -2.08. The molecule has 1 aromatic carbocycles. The van der Waals surface area contributed by atoms with Crippen LogP contribution in [0, 0.1) is 0 Å². The molecule has 0 saturated heterocycles. The molecule has 1 aliphatic heterocycles. The van der Waals surface area contributed by atoms with Gasteiger partial charge in [0.05, 0.1) is 23.8 Å². The molecule has 4 rings (SSSR count). The molecule has 0 fully saturated rings. The van der Waals surface area contributed by atoms with Gasteiger partial charge >= 0.3 is 5.97 Å². The average molecular weight is 411 g/mol. The average Bonchev–Trinajstić information content (AvgIpc) is 3.35. The fraction of sp³-hybridized carbons (Fsp3) is 0.286. The van der Waals surface area contributed by atoms with E-state index >= 15 is 0 Å². The number of carboxylic acid groups (broad SMARTS) is 1. The summed E-state index contributed by atoms with van der Waals surface area (Å²) in [6, 6.07) is 9.90. The Morgan fingerprint density at radius 1 is 1.31 bits per heavy atom. The van der Waals surface area contributed by atoms with E-state index in [0.29, 0.717) is 30.4 Å². The van der Waals surface area contributed by atoms with Crippen LogP contribution in [0.25, 0.3) is 10.6 Å². The molecule has 0 radical (unpaired) electrons. The maximum Gasteiger partial charge on any atom is 0.349 e. The molecule has 7 nitrogen and oxygen atoms in total. The van der Waals surface area contributed by atoms with Gasteiger partial charge in [-0.25, -0.2) is 14.8 Å². The van der Waals surface area contributed by atoms with E-state index in [1.54, 1.807) is 6.07 Å². The Balaban J connectivity index is 1.44. The van der Waals surface area contributed by atoms with Crippen LogP contribution in [-0.2, 0) is 12.8 Å². The zero-order chi connectivity index (χ0) is 20.2. The summed E-state index contributed by atoms with van der Waals surface area (Å²) in [4.78, 5) is 20.9. The van der Waals surface area contributed by atoms with Crippen molar-refractivity contribution in [1.82, 2.24) is 9.97 Å². The molecular weight excluding hydrogens is 390 g/mol. The second-order valence-electron chi connectivity index (χ2n) is 6.55. The Bertz CT molecular complexity index is 1030. The Hall–Kier alpha value is -3.13. The van der Waals surface area contributed by atoms with E-state index in [1.165, 1.54) is 17.5 Å². The molecule has 3 aromatic rings. The maximum absolute atomic E-state index is 11.4. The summed E-state index contributed by atoms with van der Waals surface area (Å²) in [6.45, 7) is 3.70. The minimum atomic E-state index is -1.00. The van der Waals surface area contributed by atoms with Crippen molar-refractivity contribution in [3.05, 3.63) is 52.7 Å². The third kappa shape index (κ3) is 4.32. The molecule has 29 heavy (non-hydrogen) atoms. The first-order chi connectivity index (χ1) is 14.1. The molecular formula is C21H21N3O4S. The minimum absolute atomic E-state index is 0.175. The van der Waals surface area contributed by atoms with Gasteiger partial charge in [0.1, 0.15) is 23.6 Å². The summed E-state index contributed by atoms with van der Waals surface area (Å²) in [7, 11) is 0. The van der Waals surface area contributed by atoms with Crippen molar-refractivity contribution in [2.24, 2.45) is 0 Å². The van der Waals surface area contributed by atoms with Gasteiger partial charge in [-0.1, -0.05) is 12.1 Å². The Kier molecular flexibility index (Phi) is 5.62. The number of benzene rings is 1. The van der Waals surface area contributed by atoms with Crippen LogP contribution in [0.3, 0.4) is 0 Å². The number of ether oxygens (including phenoxy) is 2. The first kappa shape index (κ1) is 19.2. The van der Waals surface area contributed by atoms with Gasteiger partial charge in [-0.15, -0.1) is 11.3 Å². The molecule has 0 amide bonds. The molecule has 150 valence electrons. The van der Waals surface area contributed by atoms with Crippen LogP contribution in [0.5, 0.6) is 11.5 Å². The topological polar surface area (TPSA) is 93.6 Å². The summed E-state index contributed by atoms with van der Waals surface area (Å²) in [6.07, 6.45) is 3.29. The standard InChI is InChI=1S/C21H21N3O4S/c1-2-27-17-11-18(29-20(17)21(25)26)15-10-19(24-12-23-15)22-7-5-13-3-4-14-6-8-28-16(14)9-13/h3-4,9-12H,2,5-8H2,1H3,(H,25,26)(H,22,23,24). The van der Waals surface area contributed by atoms with E-state index in [0.717, 1.165) is 41.4 Å². The number of anilines is 1. The summed E-state index contributed by atoms with van der Waals surface area (Å²) in [5.41, 5.74) is 3.13. The van der Waals surface area contributed by atoms with Crippen molar-refractivity contribution in [3.63, 3.8) is 0 Å². The van der Waals surface area contributed by atoms with E-state index in [2.05, 4.69) is 33.5 Å². The fourth-order valence-corrected chi connectivity index (χ4v) is 4.11. The highest BCUT2D eigenvalue weighted by molar-refractivity contribution is 7.17. The van der Waals surface area contributed by atoms with Crippen molar-refractivity contribution in [2.75, 3.05) is 25.1 Å². The number of aromatic carboxylic acids is 1. The molecule has 3 heterocycles. The summed E-state index contributed by atoms with van der Waals surface area (Å²) in [5, 5.41) is 12.7. The highest BCUT2D eigenvalue weighted by Crippen LogP contribution is 2.36. The SMILES string of the molecule is CCOc1cc(-c2cc(NCCc3ccc4c(c3)OCC4)ncn2)sc1C(=O)O. The lowest BCUT2D eigenvalue weighted by molar-refractivity contribution is 0.0698. The van der Waals surface area contributed by atoms with Crippen LogP contribution in [0.4, 0.5) is 5.82 Å². The third-order valence-electron chi connectivity index (χ3n) is 4.59. The number of carbonyl (C=O) groups is 1.